The molecule has 0 saturated heterocycles. The van der Waals surface area contributed by atoms with Crippen LogP contribution in [0.5, 0.6) is 11.5 Å². The van der Waals surface area contributed by atoms with E-state index in [0.29, 0.717) is 16.5 Å². The van der Waals surface area contributed by atoms with E-state index in [2.05, 4.69) is 10.1 Å². The van der Waals surface area contributed by atoms with E-state index in [1.165, 1.54) is 30.3 Å². The smallest absolute Gasteiger partial charge is 0.141 e. The average Bonchev–Trinajstić information content (AvgIpc) is 3.09. The summed E-state index contributed by atoms with van der Waals surface area (Å²) in [6.45, 7) is 1.15. The molecule has 26 heavy (non-hydrogen) atoms. The Bertz CT molecular complexity index is 873. The van der Waals surface area contributed by atoms with Crippen LogP contribution >= 0.6 is 23.2 Å². The molecule has 0 spiro atoms. The van der Waals surface area contributed by atoms with Crippen LogP contribution in [0.4, 0.5) is 4.39 Å². The first-order chi connectivity index (χ1) is 12.4. The van der Waals surface area contributed by atoms with Crippen molar-refractivity contribution < 1.29 is 14.2 Å². The van der Waals surface area contributed by atoms with Gasteiger partial charge in [0.2, 0.25) is 0 Å². The summed E-state index contributed by atoms with van der Waals surface area (Å²) in [4.78, 5) is 3.80. The summed E-state index contributed by atoms with van der Waals surface area (Å²) in [5.41, 5.74) is -1.61. The molecule has 136 valence electrons. The lowest BCUT2D eigenvalue weighted by atomic mass is 9.89. The molecule has 0 aliphatic carbocycles. The van der Waals surface area contributed by atoms with Gasteiger partial charge in [0.15, 0.2) is 0 Å². The van der Waals surface area contributed by atoms with E-state index < -0.39 is 11.8 Å². The minimum atomic E-state index is -1.86. The molecule has 1 aromatic heterocycles. The first-order valence-corrected chi connectivity index (χ1v) is 8.56. The quantitative estimate of drug-likeness (QED) is 0.661. The highest BCUT2D eigenvalue weighted by atomic mass is 35.5. The second-order valence-electron chi connectivity index (χ2n) is 5.83. The Hall–Kier alpha value is -2.15. The van der Waals surface area contributed by atoms with E-state index in [0.717, 1.165) is 0 Å². The molecule has 1 heterocycles. The summed E-state index contributed by atoms with van der Waals surface area (Å²) in [6, 6.07) is 11.5. The molecule has 1 unspecified atom stereocenters. The maximum atomic E-state index is 14.3. The number of aliphatic hydroxyl groups is 1. The van der Waals surface area contributed by atoms with Crippen LogP contribution in [-0.2, 0) is 12.1 Å². The van der Waals surface area contributed by atoms with Crippen molar-refractivity contribution in [2.24, 2.45) is 0 Å². The molecule has 0 fully saturated rings. The second-order valence-corrected chi connectivity index (χ2v) is 6.67. The van der Waals surface area contributed by atoms with Gasteiger partial charge in [0.05, 0.1) is 11.6 Å². The minimum Gasteiger partial charge on any atom is -0.457 e. The molecular weight excluding hydrogens is 380 g/mol. The zero-order valence-electron chi connectivity index (χ0n) is 13.8. The molecule has 0 aliphatic heterocycles. The Morgan fingerprint density at radius 1 is 1.19 bits per heavy atom. The van der Waals surface area contributed by atoms with Gasteiger partial charge in [-0.05, 0) is 43.3 Å². The highest BCUT2D eigenvalue weighted by molar-refractivity contribution is 6.31. The normalized spacial score (nSPS) is 14.7. The van der Waals surface area contributed by atoms with Crippen molar-refractivity contribution in [2.75, 3.05) is 0 Å². The monoisotopic (exact) mass is 395 g/mol. The van der Waals surface area contributed by atoms with Gasteiger partial charge in [0.1, 0.15) is 35.9 Å². The van der Waals surface area contributed by atoms with E-state index in [1.54, 1.807) is 36.4 Å². The number of nitrogens with zero attached hydrogens (tertiary/aromatic N) is 3. The number of ether oxygens (including phenoxy) is 1. The Balaban J connectivity index is 1.88. The molecule has 2 atom stereocenters. The van der Waals surface area contributed by atoms with Crippen LogP contribution in [0, 0.1) is 0 Å². The van der Waals surface area contributed by atoms with Gasteiger partial charge >= 0.3 is 0 Å². The van der Waals surface area contributed by atoms with Gasteiger partial charge in [-0.15, -0.1) is 0 Å². The summed E-state index contributed by atoms with van der Waals surface area (Å²) in [6.07, 6.45) is 1.13. The maximum absolute atomic E-state index is 14.3. The molecule has 1 N–H and O–H groups in total. The molecule has 8 heteroatoms. The molecular formula is C18H16Cl2FN3O2. The molecule has 3 aromatic rings. The fourth-order valence-corrected chi connectivity index (χ4v) is 3.00. The first kappa shape index (κ1) is 18.6. The van der Waals surface area contributed by atoms with Crippen molar-refractivity contribution in [3.8, 4) is 11.5 Å². The summed E-state index contributed by atoms with van der Waals surface area (Å²) < 4.78 is 21.3. The zero-order valence-corrected chi connectivity index (χ0v) is 15.3. The van der Waals surface area contributed by atoms with Crippen molar-refractivity contribution in [3.05, 3.63) is 70.7 Å². The maximum Gasteiger partial charge on any atom is 0.141 e. The third-order valence-electron chi connectivity index (χ3n) is 3.98. The van der Waals surface area contributed by atoms with Gasteiger partial charge in [0, 0.05) is 10.6 Å². The van der Waals surface area contributed by atoms with E-state index in [9.17, 15) is 9.50 Å². The molecule has 0 aliphatic rings. The van der Waals surface area contributed by atoms with E-state index >= 15 is 0 Å². The van der Waals surface area contributed by atoms with Crippen LogP contribution in [0.15, 0.2) is 55.1 Å². The largest absolute Gasteiger partial charge is 0.457 e. The summed E-state index contributed by atoms with van der Waals surface area (Å²) >= 11 is 12.2. The van der Waals surface area contributed by atoms with E-state index in [-0.39, 0.29) is 17.1 Å². The fraction of sp³-hybridized carbons (Fsp3) is 0.222. The van der Waals surface area contributed by atoms with Gasteiger partial charge in [0.25, 0.3) is 0 Å². The van der Waals surface area contributed by atoms with Crippen LogP contribution in [-0.4, -0.2) is 26.0 Å². The van der Waals surface area contributed by atoms with Crippen molar-refractivity contribution in [1.29, 1.82) is 0 Å². The number of aromatic nitrogens is 3. The number of hydrogen-bond acceptors (Lipinski definition) is 4. The summed E-state index contributed by atoms with van der Waals surface area (Å²) in [5, 5.41) is 15.6. The topological polar surface area (TPSA) is 60.2 Å². The third-order valence-corrected chi connectivity index (χ3v) is 4.55. The Morgan fingerprint density at radius 3 is 2.46 bits per heavy atom. The predicted octanol–water partition coefficient (Wildman–Crippen LogP) is 4.62. The lowest BCUT2D eigenvalue weighted by molar-refractivity contribution is -0.0498. The number of benzene rings is 2. The lowest BCUT2D eigenvalue weighted by Crippen LogP contribution is -2.40. The van der Waals surface area contributed by atoms with Crippen LogP contribution in [0.25, 0.3) is 0 Å². The Labute approximate surface area is 160 Å². The van der Waals surface area contributed by atoms with Crippen LogP contribution in [0.2, 0.25) is 10.0 Å². The van der Waals surface area contributed by atoms with Crippen molar-refractivity contribution in [3.63, 3.8) is 0 Å². The number of halogens is 3. The first-order valence-electron chi connectivity index (χ1n) is 7.81. The lowest BCUT2D eigenvalue weighted by Gasteiger charge is -2.31. The molecule has 0 bridgehead atoms. The van der Waals surface area contributed by atoms with Crippen molar-refractivity contribution >= 4 is 23.2 Å². The SMILES string of the molecule is CC(F)[C@@](O)(Cn1cncn1)c1ccc(Oc2ccc(Cl)cc2)cc1Cl. The average molecular weight is 396 g/mol. The molecule has 2 aromatic carbocycles. The van der Waals surface area contributed by atoms with E-state index in [1.807, 2.05) is 0 Å². The van der Waals surface area contributed by atoms with Crippen molar-refractivity contribution in [2.45, 2.75) is 25.2 Å². The van der Waals surface area contributed by atoms with Gasteiger partial charge in [-0.25, -0.2) is 14.1 Å². The van der Waals surface area contributed by atoms with Gasteiger partial charge in [-0.2, -0.15) is 5.10 Å². The highest BCUT2D eigenvalue weighted by Gasteiger charge is 2.39. The fourth-order valence-electron chi connectivity index (χ4n) is 2.54. The zero-order chi connectivity index (χ0) is 18.7. The molecule has 3 rings (SSSR count). The van der Waals surface area contributed by atoms with Crippen molar-refractivity contribution in [1.82, 2.24) is 14.8 Å². The minimum absolute atomic E-state index is 0.123. The van der Waals surface area contributed by atoms with Gasteiger partial charge in [-0.1, -0.05) is 29.3 Å². The summed E-state index contributed by atoms with van der Waals surface area (Å²) in [5.74, 6) is 1.03. The van der Waals surface area contributed by atoms with Gasteiger partial charge < -0.3 is 9.84 Å². The predicted molar refractivity (Wildman–Crippen MR) is 97.5 cm³/mol. The molecule has 0 amide bonds. The highest BCUT2D eigenvalue weighted by Crippen LogP contribution is 2.37. The number of rotatable bonds is 6. The van der Waals surface area contributed by atoms with E-state index in [4.69, 9.17) is 27.9 Å². The number of alkyl halides is 1. The van der Waals surface area contributed by atoms with Crippen LogP contribution < -0.4 is 4.74 Å². The molecule has 5 nitrogen and oxygen atoms in total. The summed E-state index contributed by atoms with van der Waals surface area (Å²) in [7, 11) is 0. The van der Waals surface area contributed by atoms with Crippen LogP contribution in [0.3, 0.4) is 0 Å². The second kappa shape index (κ2) is 7.61. The van der Waals surface area contributed by atoms with Gasteiger partial charge in [-0.3, -0.25) is 0 Å². The number of hydrogen-bond donors (Lipinski definition) is 1. The molecule has 0 radical (unpaired) electrons. The van der Waals surface area contributed by atoms with Crippen LogP contribution in [0.1, 0.15) is 12.5 Å². The standard InChI is InChI=1S/C18H16Cl2FN3O2/c1-12(21)18(25,9-24-11-22-10-23-24)16-7-6-15(8-17(16)20)26-14-4-2-13(19)3-5-14/h2-8,10-12,25H,9H2,1H3/t12?,18-/m0/s1. The Morgan fingerprint density at radius 2 is 1.88 bits per heavy atom. The molecule has 0 saturated carbocycles. The third kappa shape index (κ3) is 3.98. The Kier molecular flexibility index (Phi) is 5.46.